The van der Waals surface area contributed by atoms with Gasteiger partial charge in [0.05, 0.1) is 12.0 Å². The third-order valence-corrected chi connectivity index (χ3v) is 4.28. The van der Waals surface area contributed by atoms with Gasteiger partial charge in [0.25, 0.3) is 0 Å². The lowest BCUT2D eigenvalue weighted by atomic mass is 10.1. The van der Waals surface area contributed by atoms with E-state index in [0.29, 0.717) is 39.0 Å². The van der Waals surface area contributed by atoms with Gasteiger partial charge in [0.15, 0.2) is 0 Å². The number of nitro groups is 1. The van der Waals surface area contributed by atoms with Gasteiger partial charge in [-0.25, -0.2) is 9.59 Å². The molecule has 0 heterocycles. The summed E-state index contributed by atoms with van der Waals surface area (Å²) in [5.74, 6) is -1.12. The van der Waals surface area contributed by atoms with Crippen molar-refractivity contribution in [2.45, 2.75) is 52.1 Å². The maximum absolute atomic E-state index is 13.0. The maximum Gasteiger partial charge on any atom is 0.414 e. The summed E-state index contributed by atoms with van der Waals surface area (Å²) in [6, 6.07) is 0. The van der Waals surface area contributed by atoms with Crippen LogP contribution in [0.15, 0.2) is 11.4 Å². The Balaban J connectivity index is 5.94. The number of methoxy groups -OCH3 is 1. The first kappa shape index (κ1) is 30.8. The van der Waals surface area contributed by atoms with Crippen molar-refractivity contribution in [1.82, 2.24) is 15.0 Å². The molecule has 0 aliphatic carbocycles. The van der Waals surface area contributed by atoms with E-state index < -0.39 is 28.3 Å². The van der Waals surface area contributed by atoms with Gasteiger partial charge in [-0.3, -0.25) is 15.0 Å². The number of hydrogen-bond acceptors (Lipinski definition) is 10. The molecule has 189 valence electrons. The lowest BCUT2D eigenvalue weighted by Gasteiger charge is -2.29. The predicted octanol–water partition coefficient (Wildman–Crippen LogP) is 1.11. The zero-order chi connectivity index (χ0) is 25.4. The van der Waals surface area contributed by atoms with E-state index in [-0.39, 0.29) is 18.7 Å². The summed E-state index contributed by atoms with van der Waals surface area (Å²) in [5.41, 5.74) is 3.83. The van der Waals surface area contributed by atoms with Gasteiger partial charge in [-0.2, -0.15) is 0 Å². The van der Waals surface area contributed by atoms with Gasteiger partial charge in [-0.05, 0) is 79.7 Å². The Morgan fingerprint density at radius 1 is 1.12 bits per heavy atom. The molecule has 0 aliphatic heterocycles. The van der Waals surface area contributed by atoms with Crippen molar-refractivity contribution in [2.24, 2.45) is 5.73 Å². The van der Waals surface area contributed by atoms with Gasteiger partial charge >= 0.3 is 25.4 Å². The summed E-state index contributed by atoms with van der Waals surface area (Å²) in [6.07, 6.45) is 1.02. The Morgan fingerprint density at radius 2 is 1.76 bits per heavy atom. The third kappa shape index (κ3) is 13.2. The van der Waals surface area contributed by atoms with E-state index in [2.05, 4.69) is 10.1 Å². The van der Waals surface area contributed by atoms with Gasteiger partial charge in [-0.1, -0.05) is 0 Å². The van der Waals surface area contributed by atoms with Gasteiger partial charge in [0.2, 0.25) is 0 Å². The monoisotopic (exact) mass is 472 g/mol. The van der Waals surface area contributed by atoms with Crippen molar-refractivity contribution >= 4 is 19.7 Å². The SMILES string of the molecule is CO[B]N(C)CCCN(C(=O)OC(C)(C)C)/C(CCCNCCCN)=C(\C(=O)OC)[N+](=O)[O-]. The minimum Gasteiger partial charge on any atom is -0.461 e. The van der Waals surface area contributed by atoms with E-state index in [1.807, 2.05) is 0 Å². The molecule has 0 aromatic heterocycles. The second kappa shape index (κ2) is 16.4. The molecule has 0 aliphatic rings. The number of nitrogens with zero attached hydrogens (tertiary/aromatic N) is 3. The molecule has 0 atom stereocenters. The van der Waals surface area contributed by atoms with Crippen molar-refractivity contribution in [3.8, 4) is 0 Å². The highest BCUT2D eigenvalue weighted by Crippen LogP contribution is 2.22. The van der Waals surface area contributed by atoms with Crippen molar-refractivity contribution in [2.75, 3.05) is 54.0 Å². The highest BCUT2D eigenvalue weighted by atomic mass is 16.6. The number of nitrogens with one attached hydrogen (secondary N) is 1. The number of esters is 1. The number of ether oxygens (including phenoxy) is 2. The summed E-state index contributed by atoms with van der Waals surface area (Å²) in [4.78, 5) is 39.2. The molecule has 33 heavy (non-hydrogen) atoms. The van der Waals surface area contributed by atoms with E-state index in [4.69, 9.17) is 15.1 Å². The highest BCUT2D eigenvalue weighted by Gasteiger charge is 2.35. The van der Waals surface area contributed by atoms with E-state index in [1.54, 1.807) is 32.6 Å². The zero-order valence-corrected chi connectivity index (χ0v) is 20.7. The minimum atomic E-state index is -1.12. The van der Waals surface area contributed by atoms with Gasteiger partial charge in [0, 0.05) is 13.7 Å². The summed E-state index contributed by atoms with van der Waals surface area (Å²) in [7, 11) is 5.89. The molecule has 0 rings (SSSR count). The summed E-state index contributed by atoms with van der Waals surface area (Å²) in [5, 5.41) is 15.0. The van der Waals surface area contributed by atoms with E-state index >= 15 is 0 Å². The molecule has 0 bridgehead atoms. The van der Waals surface area contributed by atoms with Crippen LogP contribution in [0.25, 0.3) is 0 Å². The largest absolute Gasteiger partial charge is 0.461 e. The Labute approximate surface area is 197 Å². The van der Waals surface area contributed by atoms with Crippen LogP contribution < -0.4 is 11.1 Å². The van der Waals surface area contributed by atoms with Crippen molar-refractivity contribution in [1.29, 1.82) is 0 Å². The van der Waals surface area contributed by atoms with Crippen LogP contribution in [0.5, 0.6) is 0 Å². The summed E-state index contributed by atoms with van der Waals surface area (Å²) in [6.45, 7) is 7.48. The van der Waals surface area contributed by atoms with Crippen LogP contribution in [0.3, 0.4) is 0 Å². The van der Waals surface area contributed by atoms with Gasteiger partial charge in [-0.15, -0.1) is 0 Å². The lowest BCUT2D eigenvalue weighted by Crippen LogP contribution is -2.40. The molecule has 13 heteroatoms. The first-order valence-electron chi connectivity index (χ1n) is 10.9. The molecule has 0 fully saturated rings. The standard InChI is InChI=1S/C20H39BN5O7/c1-20(2,3)33-19(28)25(15-9-14-24(4)21-32-6)16(10-7-12-23-13-8-11-22)17(26(29)30)18(27)31-5/h23H,7-15,22H2,1-6H3/b17-16+. The smallest absolute Gasteiger partial charge is 0.414 e. The number of amides is 1. The Kier molecular flexibility index (Phi) is 15.3. The van der Waals surface area contributed by atoms with Crippen molar-refractivity contribution in [3.63, 3.8) is 0 Å². The number of carbonyl (C=O) groups is 2. The predicted molar refractivity (Wildman–Crippen MR) is 125 cm³/mol. The molecular formula is C20H39BN5O7. The maximum atomic E-state index is 13.0. The van der Waals surface area contributed by atoms with Crippen molar-refractivity contribution < 1.29 is 28.6 Å². The number of hydrogen-bond donors (Lipinski definition) is 2. The summed E-state index contributed by atoms with van der Waals surface area (Å²) < 4.78 is 15.1. The highest BCUT2D eigenvalue weighted by molar-refractivity contribution is 6.23. The molecule has 1 amide bonds. The van der Waals surface area contributed by atoms with Crippen LogP contribution >= 0.6 is 0 Å². The van der Waals surface area contributed by atoms with Crippen LogP contribution in [0.4, 0.5) is 4.79 Å². The number of carbonyl (C=O) groups excluding carboxylic acids is 2. The topological polar surface area (TPSA) is 150 Å². The minimum absolute atomic E-state index is 0.0416. The van der Waals surface area contributed by atoms with Crippen LogP contribution in [0.2, 0.25) is 0 Å². The molecule has 3 N–H and O–H groups in total. The molecule has 0 spiro atoms. The number of rotatable bonds is 16. The van der Waals surface area contributed by atoms with E-state index in [9.17, 15) is 19.7 Å². The fourth-order valence-corrected chi connectivity index (χ4v) is 2.87. The molecule has 1 radical (unpaired) electrons. The average Bonchev–Trinajstić information content (AvgIpc) is 2.71. The quantitative estimate of drug-likeness (QED) is 0.0835. The first-order valence-corrected chi connectivity index (χ1v) is 10.9. The zero-order valence-electron chi connectivity index (χ0n) is 20.7. The average molecular weight is 472 g/mol. The molecule has 0 aromatic rings. The van der Waals surface area contributed by atoms with Crippen LogP contribution in [0, 0.1) is 10.1 Å². The fraction of sp³-hybridized carbons (Fsp3) is 0.800. The van der Waals surface area contributed by atoms with E-state index in [1.165, 1.54) is 19.6 Å². The summed E-state index contributed by atoms with van der Waals surface area (Å²) >= 11 is 0. The molecule has 0 saturated carbocycles. The molecule has 0 unspecified atom stereocenters. The Morgan fingerprint density at radius 3 is 2.27 bits per heavy atom. The molecule has 12 nitrogen and oxygen atoms in total. The molecular weight excluding hydrogens is 433 g/mol. The second-order valence-corrected chi connectivity index (χ2v) is 8.35. The van der Waals surface area contributed by atoms with Gasteiger partial charge < -0.3 is 30.0 Å². The number of nitrogens with two attached hydrogens (primary N) is 1. The van der Waals surface area contributed by atoms with Crippen molar-refractivity contribution in [3.05, 3.63) is 21.5 Å². The van der Waals surface area contributed by atoms with Crippen LogP contribution in [-0.4, -0.2) is 93.9 Å². The Hall–Kier alpha value is -2.22. The fourth-order valence-electron chi connectivity index (χ4n) is 2.87. The number of allylic oxidation sites excluding steroid dienone is 1. The molecule has 0 aromatic carbocycles. The van der Waals surface area contributed by atoms with Gasteiger partial charge in [0.1, 0.15) is 11.3 Å². The van der Waals surface area contributed by atoms with E-state index in [0.717, 1.165) is 13.5 Å². The molecule has 0 saturated heterocycles. The normalized spacial score (nSPS) is 12.2. The van der Waals surface area contributed by atoms with Crippen LogP contribution in [0.1, 0.15) is 46.5 Å². The second-order valence-electron chi connectivity index (χ2n) is 8.35. The lowest BCUT2D eigenvalue weighted by molar-refractivity contribution is -0.423. The third-order valence-electron chi connectivity index (χ3n) is 4.28. The van der Waals surface area contributed by atoms with Crippen LogP contribution in [-0.2, 0) is 18.9 Å². The Bertz CT molecular complexity index is 655. The first-order chi connectivity index (χ1) is 15.5.